The molecular formula is C18H28ClIN4. The molecule has 1 saturated carbocycles. The van der Waals surface area contributed by atoms with Crippen LogP contribution in [0.25, 0.3) is 0 Å². The number of nitrogens with zero attached hydrogens (tertiary/aromatic N) is 2. The number of hydrogen-bond acceptors (Lipinski definition) is 2. The van der Waals surface area contributed by atoms with Gasteiger partial charge in [0.05, 0.1) is 0 Å². The molecule has 2 fully saturated rings. The van der Waals surface area contributed by atoms with Crippen LogP contribution in [0.15, 0.2) is 29.3 Å². The summed E-state index contributed by atoms with van der Waals surface area (Å²) in [5.41, 5.74) is 1.57. The van der Waals surface area contributed by atoms with E-state index in [1.807, 2.05) is 19.2 Å². The van der Waals surface area contributed by atoms with Gasteiger partial charge in [-0.25, -0.2) is 0 Å². The lowest BCUT2D eigenvalue weighted by atomic mass is 9.96. The lowest BCUT2D eigenvalue weighted by Crippen LogP contribution is -2.45. The molecule has 2 N–H and O–H groups in total. The van der Waals surface area contributed by atoms with Gasteiger partial charge in [-0.2, -0.15) is 0 Å². The maximum absolute atomic E-state index is 6.14. The van der Waals surface area contributed by atoms with Crippen molar-refractivity contribution in [2.75, 3.05) is 33.7 Å². The van der Waals surface area contributed by atoms with E-state index in [9.17, 15) is 0 Å². The van der Waals surface area contributed by atoms with E-state index in [-0.39, 0.29) is 29.4 Å². The van der Waals surface area contributed by atoms with Gasteiger partial charge in [-0.05, 0) is 57.0 Å². The third kappa shape index (κ3) is 4.76. The minimum atomic E-state index is 0. The van der Waals surface area contributed by atoms with Gasteiger partial charge in [-0.3, -0.25) is 4.99 Å². The Morgan fingerprint density at radius 1 is 1.38 bits per heavy atom. The molecule has 0 spiro atoms. The highest BCUT2D eigenvalue weighted by Crippen LogP contribution is 2.48. The topological polar surface area (TPSA) is 39.7 Å². The molecule has 134 valence electrons. The molecule has 1 aliphatic heterocycles. The first-order valence-corrected chi connectivity index (χ1v) is 8.92. The van der Waals surface area contributed by atoms with E-state index in [0.717, 1.165) is 24.1 Å². The van der Waals surface area contributed by atoms with Crippen LogP contribution in [0.3, 0.4) is 0 Å². The largest absolute Gasteiger partial charge is 0.356 e. The fourth-order valence-electron chi connectivity index (χ4n) is 3.46. The highest BCUT2D eigenvalue weighted by molar-refractivity contribution is 14.0. The van der Waals surface area contributed by atoms with Crippen LogP contribution in [0.1, 0.15) is 31.2 Å². The monoisotopic (exact) mass is 462 g/mol. The van der Waals surface area contributed by atoms with Gasteiger partial charge >= 0.3 is 0 Å². The molecule has 1 aromatic carbocycles. The molecule has 1 unspecified atom stereocenters. The Kier molecular flexibility index (Phi) is 7.19. The van der Waals surface area contributed by atoms with Crippen molar-refractivity contribution in [1.82, 2.24) is 15.5 Å². The second kappa shape index (κ2) is 8.72. The lowest BCUT2D eigenvalue weighted by Gasteiger charge is -2.23. The van der Waals surface area contributed by atoms with Crippen LogP contribution in [-0.4, -0.2) is 50.6 Å². The number of rotatable bonds is 5. The van der Waals surface area contributed by atoms with Crippen molar-refractivity contribution in [3.63, 3.8) is 0 Å². The first-order chi connectivity index (χ1) is 11.1. The minimum absolute atomic E-state index is 0. The number of hydrogen-bond donors (Lipinski definition) is 2. The van der Waals surface area contributed by atoms with Gasteiger partial charge in [-0.1, -0.05) is 23.7 Å². The average Bonchev–Trinajstić information content (AvgIpc) is 3.24. The highest BCUT2D eigenvalue weighted by Gasteiger charge is 2.44. The summed E-state index contributed by atoms with van der Waals surface area (Å²) < 4.78 is 0. The number of likely N-dealkylation sites (tertiary alicyclic amines) is 1. The maximum Gasteiger partial charge on any atom is 0.191 e. The number of likely N-dealkylation sites (N-methyl/N-ethyl adjacent to an activating group) is 1. The molecule has 2 aliphatic rings. The zero-order valence-electron chi connectivity index (χ0n) is 14.5. The summed E-state index contributed by atoms with van der Waals surface area (Å²) in [5.74, 6) is 0.901. The maximum atomic E-state index is 6.14. The molecule has 0 radical (unpaired) electrons. The van der Waals surface area contributed by atoms with E-state index in [1.54, 1.807) is 0 Å². The van der Waals surface area contributed by atoms with Gasteiger partial charge in [0.25, 0.3) is 0 Å². The van der Waals surface area contributed by atoms with Gasteiger partial charge in [0.2, 0.25) is 0 Å². The molecule has 24 heavy (non-hydrogen) atoms. The minimum Gasteiger partial charge on any atom is -0.356 e. The van der Waals surface area contributed by atoms with Crippen molar-refractivity contribution in [3.05, 3.63) is 34.9 Å². The van der Waals surface area contributed by atoms with Crippen LogP contribution < -0.4 is 10.6 Å². The van der Waals surface area contributed by atoms with Crippen LogP contribution >= 0.6 is 35.6 Å². The summed E-state index contributed by atoms with van der Waals surface area (Å²) >= 11 is 6.14. The zero-order chi connectivity index (χ0) is 16.3. The molecule has 0 aromatic heterocycles. The molecule has 1 heterocycles. The van der Waals surface area contributed by atoms with Crippen LogP contribution in [0, 0.1) is 0 Å². The van der Waals surface area contributed by atoms with E-state index in [4.69, 9.17) is 11.6 Å². The smallest absolute Gasteiger partial charge is 0.191 e. The van der Waals surface area contributed by atoms with Crippen LogP contribution in [0.2, 0.25) is 5.02 Å². The molecule has 1 atom stereocenters. The van der Waals surface area contributed by atoms with Crippen molar-refractivity contribution in [3.8, 4) is 0 Å². The Labute approximate surface area is 167 Å². The third-order valence-corrected chi connectivity index (χ3v) is 5.52. The van der Waals surface area contributed by atoms with Crippen molar-refractivity contribution >= 4 is 41.5 Å². The van der Waals surface area contributed by atoms with Gasteiger partial charge in [-0.15, -0.1) is 24.0 Å². The summed E-state index contributed by atoms with van der Waals surface area (Å²) in [6.07, 6.45) is 4.99. The van der Waals surface area contributed by atoms with Gasteiger partial charge in [0, 0.05) is 36.6 Å². The summed E-state index contributed by atoms with van der Waals surface area (Å²) in [5, 5.41) is 7.80. The molecule has 1 aromatic rings. The normalized spacial score (nSPS) is 22.8. The Hall–Kier alpha value is -0.530. The number of nitrogens with one attached hydrogen (secondary N) is 2. The van der Waals surface area contributed by atoms with E-state index in [1.165, 1.54) is 37.8 Å². The van der Waals surface area contributed by atoms with Gasteiger partial charge in [0.15, 0.2) is 5.96 Å². The Bertz CT molecular complexity index is 574. The Morgan fingerprint density at radius 3 is 2.75 bits per heavy atom. The van der Waals surface area contributed by atoms with Gasteiger partial charge in [0.1, 0.15) is 0 Å². The molecule has 4 nitrogen and oxygen atoms in total. The van der Waals surface area contributed by atoms with Crippen molar-refractivity contribution < 1.29 is 0 Å². The number of guanidine groups is 1. The molecule has 0 amide bonds. The zero-order valence-corrected chi connectivity index (χ0v) is 17.6. The molecule has 0 bridgehead atoms. The fourth-order valence-corrected chi connectivity index (χ4v) is 3.65. The predicted molar refractivity (Wildman–Crippen MR) is 113 cm³/mol. The number of benzene rings is 1. The second-order valence-corrected chi connectivity index (χ2v) is 7.31. The molecule has 6 heteroatoms. The summed E-state index contributed by atoms with van der Waals surface area (Å²) in [7, 11) is 4.04. The molecule has 3 rings (SSSR count). The lowest BCUT2D eigenvalue weighted by molar-refractivity contribution is 0.309. The van der Waals surface area contributed by atoms with Crippen molar-refractivity contribution in [2.45, 2.75) is 37.1 Å². The first-order valence-electron chi connectivity index (χ1n) is 8.54. The third-order valence-electron chi connectivity index (χ3n) is 5.29. The standard InChI is InChI=1S/C18H27ClN4.HI/c1-20-17(21-12-16-7-4-10-23(16)2)22-13-18(8-9-18)14-5-3-6-15(19)11-14;/h3,5-6,11,16H,4,7-10,12-13H2,1-2H3,(H2,20,21,22);1H. The quantitative estimate of drug-likeness (QED) is 0.401. The molecule has 1 saturated heterocycles. The van der Waals surface area contributed by atoms with Crippen LogP contribution in [0.5, 0.6) is 0 Å². The molecule has 1 aliphatic carbocycles. The van der Waals surface area contributed by atoms with Crippen LogP contribution in [-0.2, 0) is 5.41 Å². The van der Waals surface area contributed by atoms with Gasteiger partial charge < -0.3 is 15.5 Å². The summed E-state index contributed by atoms with van der Waals surface area (Å²) in [6.45, 7) is 3.07. The Balaban J connectivity index is 0.00000208. The highest BCUT2D eigenvalue weighted by atomic mass is 127. The van der Waals surface area contributed by atoms with E-state index >= 15 is 0 Å². The van der Waals surface area contributed by atoms with E-state index < -0.39 is 0 Å². The second-order valence-electron chi connectivity index (χ2n) is 6.87. The Morgan fingerprint density at radius 2 is 2.17 bits per heavy atom. The predicted octanol–water partition coefficient (Wildman–Crippen LogP) is 3.25. The van der Waals surface area contributed by atoms with E-state index in [0.29, 0.717) is 6.04 Å². The molecular weight excluding hydrogens is 435 g/mol. The van der Waals surface area contributed by atoms with Crippen molar-refractivity contribution in [2.24, 2.45) is 4.99 Å². The average molecular weight is 463 g/mol. The fraction of sp³-hybridized carbons (Fsp3) is 0.611. The SMILES string of the molecule is CN=C(NCC1CCCN1C)NCC1(c2cccc(Cl)c2)CC1.I. The first kappa shape index (κ1) is 19.8. The van der Waals surface area contributed by atoms with Crippen LogP contribution in [0.4, 0.5) is 0 Å². The van der Waals surface area contributed by atoms with E-state index in [2.05, 4.69) is 39.7 Å². The number of aliphatic imine (C=N–C) groups is 1. The summed E-state index contributed by atoms with van der Waals surface area (Å²) in [4.78, 5) is 6.79. The number of halogens is 2. The summed E-state index contributed by atoms with van der Waals surface area (Å²) in [6, 6.07) is 8.88. The van der Waals surface area contributed by atoms with Crippen molar-refractivity contribution in [1.29, 1.82) is 0 Å².